The molecule has 0 spiro atoms. The van der Waals surface area contributed by atoms with Crippen LogP contribution in [0.15, 0.2) is 119 Å². The van der Waals surface area contributed by atoms with E-state index in [1.165, 1.54) is 58.4 Å². The van der Waals surface area contributed by atoms with Crippen molar-refractivity contribution in [2.75, 3.05) is 26.2 Å². The summed E-state index contributed by atoms with van der Waals surface area (Å²) < 4.78 is 11.8. The number of nitrogens with two attached hydrogens (primary N) is 3. The molecule has 516 valence electrons. The Kier molecular flexibility index (Phi) is 24.5. The fourth-order valence-corrected chi connectivity index (χ4v) is 11.8. The molecule has 11 rings (SSSR count). The summed E-state index contributed by atoms with van der Waals surface area (Å²) >= 11 is 4.92. The minimum Gasteiger partial charge on any atom is -0.508 e. The van der Waals surface area contributed by atoms with Gasteiger partial charge in [-0.2, -0.15) is 10.2 Å². The molecule has 4 amide bonds. The van der Waals surface area contributed by atoms with Gasteiger partial charge in [0.25, 0.3) is 5.69 Å². The third-order valence-electron chi connectivity index (χ3n) is 17.4. The van der Waals surface area contributed by atoms with E-state index in [1.807, 2.05) is 90.2 Å². The van der Waals surface area contributed by atoms with Crippen LogP contribution >= 0.6 is 11.6 Å². The summed E-state index contributed by atoms with van der Waals surface area (Å²) in [6.07, 6.45) is 11.6. The molecule has 0 saturated carbocycles. The maximum atomic E-state index is 12.9. The van der Waals surface area contributed by atoms with Crippen molar-refractivity contribution in [3.8, 4) is 62.9 Å². The molecule has 0 unspecified atom stereocenters. The lowest BCUT2D eigenvalue weighted by Crippen LogP contribution is -2.51. The molecular weight excluding hydrogens is 1270 g/mol. The number of nitrogens with zero attached hydrogens (tertiary/aromatic N) is 8. The van der Waals surface area contributed by atoms with E-state index in [9.17, 15) is 59.3 Å². The number of rotatable bonds is 19. The zero-order valence-electron chi connectivity index (χ0n) is 54.9. The molecule has 0 radical (unpaired) electrons. The van der Waals surface area contributed by atoms with E-state index in [1.54, 1.807) is 17.0 Å². The lowest BCUT2D eigenvalue weighted by Gasteiger charge is -2.33. The molecule has 97 heavy (non-hydrogen) atoms. The van der Waals surface area contributed by atoms with Crippen LogP contribution in [0.4, 0.5) is 15.3 Å². The highest BCUT2D eigenvalue weighted by atomic mass is 35.5. The average Bonchev–Trinajstić information content (AvgIpc) is 1.68. The Balaban J connectivity index is 0.000000196. The molecule has 0 bridgehead atoms. The standard InChI is InChI=1S/C31H39N7O5.C26H31N5O3.C7H4ClNO4.C4H10N2O/c1-4-24(28(32)41)33-30(42)37-12-8-19(9-13-37)7-11-36-14-10-20-15-21(5-6-25(20)36)38-29(34-35-31(38)43)23-16-22(18(2)3)26(39)17-27(23)40;1-16(2)20-14-21(24(33)15-23(20)32)25-28-29-26(34)31(25)19-3-4-22-18(13-19)8-12-30(22)11-7-17-5-9-27-10-6-17;8-7(10)13-6-3-1-5(2-4-6)9(11)12;1-2-3(5)4(6)7/h5-6,10,14-19,24,39-40H,4,7-9,11-13H2,1-3H3,(H2,32,41)(H,33,42)(H,35,43);3-4,8,12-17,27,32-33H,5-7,9-11H2,1-2H3,(H,29,34);1-4H;3H,2,5H2,1H3,(H2,6,7)/t24-;;;3-/m0..0/s1. The number of carbonyl (C=O) groups excluding carboxylic acids is 4. The number of H-pyrrole nitrogens is 2. The van der Waals surface area contributed by atoms with Crippen LogP contribution < -0.4 is 44.0 Å². The van der Waals surface area contributed by atoms with Gasteiger partial charge < -0.3 is 67.0 Å². The van der Waals surface area contributed by atoms with Crippen molar-refractivity contribution >= 4 is 62.4 Å². The zero-order valence-corrected chi connectivity index (χ0v) is 55.7. The number of urea groups is 1. The van der Waals surface area contributed by atoms with Gasteiger partial charge in [0.05, 0.1) is 33.5 Å². The molecule has 2 atom stereocenters. The van der Waals surface area contributed by atoms with Crippen molar-refractivity contribution in [1.29, 1.82) is 0 Å². The second kappa shape index (κ2) is 32.8. The number of aromatic nitrogens is 8. The first kappa shape index (κ1) is 72.4. The number of nitro benzene ring substituents is 1. The van der Waals surface area contributed by atoms with Gasteiger partial charge in [-0.25, -0.2) is 38.5 Å². The van der Waals surface area contributed by atoms with Gasteiger partial charge in [-0.1, -0.05) is 41.5 Å². The predicted octanol–water partition coefficient (Wildman–Crippen LogP) is 9.44. The van der Waals surface area contributed by atoms with Gasteiger partial charge in [-0.15, -0.1) is 0 Å². The maximum absolute atomic E-state index is 12.9. The van der Waals surface area contributed by atoms with Crippen LogP contribution in [0.3, 0.4) is 0 Å². The van der Waals surface area contributed by atoms with Gasteiger partial charge in [0.2, 0.25) is 11.8 Å². The number of aryl methyl sites for hydroxylation is 2. The second-order valence-corrected chi connectivity index (χ2v) is 24.9. The van der Waals surface area contributed by atoms with Crippen LogP contribution in [0.1, 0.15) is 116 Å². The van der Waals surface area contributed by atoms with E-state index in [2.05, 4.69) is 57.2 Å². The molecule has 2 aliphatic heterocycles. The Hall–Kier alpha value is -10.5. The summed E-state index contributed by atoms with van der Waals surface area (Å²) in [7, 11) is 0. The molecule has 29 heteroatoms. The van der Waals surface area contributed by atoms with Crippen molar-refractivity contribution in [3.05, 3.63) is 152 Å². The van der Waals surface area contributed by atoms with E-state index in [4.69, 9.17) is 28.8 Å². The molecule has 0 aliphatic carbocycles. The van der Waals surface area contributed by atoms with E-state index in [0.717, 1.165) is 79.6 Å². The first-order chi connectivity index (χ1) is 46.3. The van der Waals surface area contributed by atoms with Crippen molar-refractivity contribution in [2.24, 2.45) is 29.0 Å². The van der Waals surface area contributed by atoms with Gasteiger partial charge in [-0.3, -0.25) is 19.7 Å². The lowest BCUT2D eigenvalue weighted by molar-refractivity contribution is -0.384. The van der Waals surface area contributed by atoms with Crippen molar-refractivity contribution in [1.82, 2.24) is 54.2 Å². The minimum absolute atomic E-state index is 0.00320. The molecule has 9 aromatic rings. The minimum atomic E-state index is -0.978. The smallest absolute Gasteiger partial charge is 0.409 e. The number of hydrogen-bond acceptors (Lipinski definition) is 17. The SMILES string of the molecule is CC(C)c1cc(-c2n[nH]c(=O)n2-c2ccc3c(ccn3CCC3CCNCC3)c2)c(O)cc1O.CC[C@H](N)C(N)=O.CC[C@H](NC(=O)N1CCC(CCn2ccc3cc(-n4c(-c5cc(C(C)C)c(O)cc5O)n[nH]c4=O)ccc32)CC1)C(N)=O.O=C(Cl)Oc1ccc([N+](=O)[O-])cc1. The molecule has 4 aromatic heterocycles. The van der Waals surface area contributed by atoms with Crippen molar-refractivity contribution in [2.45, 2.75) is 130 Å². The molecule has 14 N–H and O–H groups in total. The van der Waals surface area contributed by atoms with Gasteiger partial charge >= 0.3 is 22.8 Å². The monoisotopic (exact) mass is 1350 g/mol. The molecule has 5 aromatic carbocycles. The second-order valence-electron chi connectivity index (χ2n) is 24.6. The number of piperidine rings is 2. The first-order valence-corrected chi connectivity index (χ1v) is 32.5. The van der Waals surface area contributed by atoms with E-state index in [-0.39, 0.29) is 58.1 Å². The number of non-ortho nitro benzene ring substituents is 1. The van der Waals surface area contributed by atoms with Crippen LogP contribution in [-0.4, -0.2) is 130 Å². The third kappa shape index (κ3) is 18.1. The number of fused-ring (bicyclic) bond motifs is 2. The van der Waals surface area contributed by atoms with E-state index >= 15 is 0 Å². The molecule has 2 fully saturated rings. The van der Waals surface area contributed by atoms with Crippen LogP contribution in [-0.2, 0) is 22.7 Å². The number of ether oxygens (including phenoxy) is 1. The number of halogens is 1. The van der Waals surface area contributed by atoms with Crippen LogP contribution in [0.25, 0.3) is 56.0 Å². The highest BCUT2D eigenvalue weighted by Gasteiger charge is 2.27. The Morgan fingerprint density at radius 1 is 0.660 bits per heavy atom. The quantitative estimate of drug-likeness (QED) is 0.0204. The number of aromatic hydroxyl groups is 4. The number of hydrogen-bond donors (Lipinski definition) is 11. The molecule has 2 aliphatic rings. The number of nitro groups is 1. The molecule has 28 nitrogen and oxygen atoms in total. The number of amides is 4. The molecular formula is C68H84ClN15O13. The molecule has 2 saturated heterocycles. The average molecular weight is 1350 g/mol. The summed E-state index contributed by atoms with van der Waals surface area (Å²) in [5.41, 5.74) is 18.9. The Bertz CT molecular complexity index is 4360. The Morgan fingerprint density at radius 2 is 1.12 bits per heavy atom. The summed E-state index contributed by atoms with van der Waals surface area (Å²) in [5.74, 6) is 0.763. The summed E-state index contributed by atoms with van der Waals surface area (Å²) in [6, 6.07) is 25.3. The number of likely N-dealkylation sites (tertiary alicyclic amines) is 1. The third-order valence-corrected chi connectivity index (χ3v) is 17.5. The number of phenolic OH excluding ortho intramolecular Hbond substituents is 4. The van der Waals surface area contributed by atoms with Gasteiger partial charge in [-0.05, 0) is 172 Å². The van der Waals surface area contributed by atoms with Gasteiger partial charge in [0.15, 0.2) is 11.6 Å². The summed E-state index contributed by atoms with van der Waals surface area (Å²) in [5, 5.41) is 73.4. The van der Waals surface area contributed by atoms with E-state index < -0.39 is 45.6 Å². The zero-order chi connectivity index (χ0) is 70.4. The number of nitrogens with one attached hydrogen (secondary N) is 4. The Morgan fingerprint density at radius 3 is 1.52 bits per heavy atom. The largest absolute Gasteiger partial charge is 0.508 e. The van der Waals surface area contributed by atoms with Gasteiger partial charge in [0, 0.05) is 96.2 Å². The fraction of sp³-hybridized carbons (Fsp3) is 0.382. The highest BCUT2D eigenvalue weighted by molar-refractivity contribution is 6.61. The topological polar surface area (TPSA) is 418 Å². The predicted molar refractivity (Wildman–Crippen MR) is 368 cm³/mol. The summed E-state index contributed by atoms with van der Waals surface area (Å²) in [6.45, 7) is 16.7. The van der Waals surface area contributed by atoms with Crippen LogP contribution in [0.5, 0.6) is 28.7 Å². The van der Waals surface area contributed by atoms with Crippen molar-refractivity contribution < 1.29 is 49.3 Å². The number of benzene rings is 5. The van der Waals surface area contributed by atoms with E-state index in [0.29, 0.717) is 71.3 Å². The fourth-order valence-electron chi connectivity index (χ4n) is 11.7. The highest BCUT2D eigenvalue weighted by Crippen LogP contribution is 2.40. The first-order valence-electron chi connectivity index (χ1n) is 32.1. The number of aromatic amines is 2. The van der Waals surface area contributed by atoms with Crippen molar-refractivity contribution in [3.63, 3.8) is 0 Å². The Labute approximate surface area is 563 Å². The van der Waals surface area contributed by atoms with Gasteiger partial charge in [0.1, 0.15) is 34.8 Å². The van der Waals surface area contributed by atoms with Crippen LogP contribution in [0, 0.1) is 22.0 Å². The number of phenols is 4. The number of primary amides is 2. The maximum Gasteiger partial charge on any atom is 0.409 e. The summed E-state index contributed by atoms with van der Waals surface area (Å²) in [4.78, 5) is 81.3. The normalized spacial score (nSPS) is 14.0. The van der Waals surface area contributed by atoms with Crippen LogP contribution in [0.2, 0.25) is 0 Å². The lowest BCUT2D eigenvalue weighted by atomic mass is 9.93. The molecule has 6 heterocycles. The number of carbonyl (C=O) groups is 4.